The van der Waals surface area contributed by atoms with Crippen LogP contribution < -0.4 is 5.73 Å². The van der Waals surface area contributed by atoms with Crippen LogP contribution in [-0.4, -0.2) is 42.2 Å². The van der Waals surface area contributed by atoms with E-state index < -0.39 is 0 Å². The fourth-order valence-electron chi connectivity index (χ4n) is 1.96. The van der Waals surface area contributed by atoms with E-state index in [1.54, 1.807) is 0 Å². The van der Waals surface area contributed by atoms with Crippen LogP contribution in [0.2, 0.25) is 0 Å². The third kappa shape index (κ3) is 2.95. The number of benzene rings is 1. The molecule has 0 amide bonds. The SMILES string of the molecule is N/C(=N\O)c1ccccc1CN1CCOCC1. The molecule has 0 saturated carbocycles. The Morgan fingerprint density at radius 1 is 1.35 bits per heavy atom. The molecule has 5 heteroatoms. The molecule has 92 valence electrons. The van der Waals surface area contributed by atoms with E-state index in [1.807, 2.05) is 24.3 Å². The van der Waals surface area contributed by atoms with Crippen molar-refractivity contribution in [1.29, 1.82) is 0 Å². The zero-order valence-electron chi connectivity index (χ0n) is 9.67. The Labute approximate surface area is 100 Å². The van der Waals surface area contributed by atoms with E-state index in [0.717, 1.165) is 44.0 Å². The molecule has 5 nitrogen and oxygen atoms in total. The molecule has 0 aromatic heterocycles. The second-order valence-corrected chi connectivity index (χ2v) is 4.03. The molecule has 1 aromatic carbocycles. The molecule has 1 aliphatic heterocycles. The lowest BCUT2D eigenvalue weighted by Crippen LogP contribution is -2.36. The van der Waals surface area contributed by atoms with Gasteiger partial charge in [-0.1, -0.05) is 29.4 Å². The fourth-order valence-corrected chi connectivity index (χ4v) is 1.96. The minimum Gasteiger partial charge on any atom is -0.409 e. The predicted molar refractivity (Wildman–Crippen MR) is 65.0 cm³/mol. The first-order valence-corrected chi connectivity index (χ1v) is 5.67. The maximum atomic E-state index is 8.75. The molecular weight excluding hydrogens is 218 g/mol. The van der Waals surface area contributed by atoms with Crippen molar-refractivity contribution in [2.75, 3.05) is 26.3 Å². The highest BCUT2D eigenvalue weighted by Gasteiger charge is 2.13. The van der Waals surface area contributed by atoms with Crippen molar-refractivity contribution in [1.82, 2.24) is 4.90 Å². The monoisotopic (exact) mass is 235 g/mol. The van der Waals surface area contributed by atoms with E-state index in [-0.39, 0.29) is 5.84 Å². The molecule has 0 unspecified atom stereocenters. The van der Waals surface area contributed by atoms with E-state index in [4.69, 9.17) is 15.7 Å². The summed E-state index contributed by atoms with van der Waals surface area (Å²) in [4.78, 5) is 2.30. The van der Waals surface area contributed by atoms with Gasteiger partial charge in [-0.25, -0.2) is 0 Å². The summed E-state index contributed by atoms with van der Waals surface area (Å²) >= 11 is 0. The Morgan fingerprint density at radius 2 is 2.06 bits per heavy atom. The lowest BCUT2D eigenvalue weighted by atomic mass is 10.1. The van der Waals surface area contributed by atoms with E-state index in [2.05, 4.69) is 10.1 Å². The molecule has 1 aromatic rings. The van der Waals surface area contributed by atoms with Gasteiger partial charge in [0, 0.05) is 25.2 Å². The number of ether oxygens (including phenoxy) is 1. The molecule has 17 heavy (non-hydrogen) atoms. The van der Waals surface area contributed by atoms with Gasteiger partial charge in [0.1, 0.15) is 0 Å². The van der Waals surface area contributed by atoms with Crippen molar-refractivity contribution in [3.8, 4) is 0 Å². The molecule has 0 atom stereocenters. The number of hydrogen-bond acceptors (Lipinski definition) is 4. The standard InChI is InChI=1S/C12H17N3O2/c13-12(14-16)11-4-2-1-3-10(11)9-15-5-7-17-8-6-15/h1-4,16H,5-9H2,(H2,13,14). The summed E-state index contributed by atoms with van der Waals surface area (Å²) in [7, 11) is 0. The van der Waals surface area contributed by atoms with Gasteiger partial charge in [-0.05, 0) is 5.56 Å². The number of amidine groups is 1. The molecule has 2 rings (SSSR count). The van der Waals surface area contributed by atoms with Crippen molar-refractivity contribution < 1.29 is 9.94 Å². The normalized spacial score (nSPS) is 18.2. The molecule has 1 aliphatic rings. The summed E-state index contributed by atoms with van der Waals surface area (Å²) in [5.41, 5.74) is 7.52. The lowest BCUT2D eigenvalue weighted by Gasteiger charge is -2.27. The van der Waals surface area contributed by atoms with Gasteiger partial charge in [-0.3, -0.25) is 4.90 Å². The summed E-state index contributed by atoms with van der Waals surface area (Å²) in [6, 6.07) is 7.72. The number of oxime groups is 1. The molecule has 0 radical (unpaired) electrons. The van der Waals surface area contributed by atoms with Crippen LogP contribution in [0.4, 0.5) is 0 Å². The minimum absolute atomic E-state index is 0.161. The summed E-state index contributed by atoms with van der Waals surface area (Å²) in [5.74, 6) is 0.161. The Balaban J connectivity index is 2.14. The quantitative estimate of drug-likeness (QED) is 0.348. The van der Waals surface area contributed by atoms with E-state index in [1.165, 1.54) is 0 Å². The van der Waals surface area contributed by atoms with Crippen LogP contribution in [0.25, 0.3) is 0 Å². The van der Waals surface area contributed by atoms with Crippen molar-refractivity contribution in [2.45, 2.75) is 6.54 Å². The molecule has 3 N–H and O–H groups in total. The number of nitrogens with zero attached hydrogens (tertiary/aromatic N) is 2. The van der Waals surface area contributed by atoms with Gasteiger partial charge in [0.15, 0.2) is 5.84 Å². The smallest absolute Gasteiger partial charge is 0.170 e. The second kappa shape index (κ2) is 5.65. The molecule has 1 saturated heterocycles. The average molecular weight is 235 g/mol. The highest BCUT2D eigenvalue weighted by molar-refractivity contribution is 5.98. The third-order valence-electron chi connectivity index (χ3n) is 2.90. The first-order valence-electron chi connectivity index (χ1n) is 5.67. The van der Waals surface area contributed by atoms with Crippen LogP contribution in [0.1, 0.15) is 11.1 Å². The van der Waals surface area contributed by atoms with Crippen molar-refractivity contribution in [3.63, 3.8) is 0 Å². The fraction of sp³-hybridized carbons (Fsp3) is 0.417. The van der Waals surface area contributed by atoms with Gasteiger partial charge >= 0.3 is 0 Å². The number of morpholine rings is 1. The second-order valence-electron chi connectivity index (χ2n) is 4.03. The van der Waals surface area contributed by atoms with Crippen LogP contribution in [0.3, 0.4) is 0 Å². The van der Waals surface area contributed by atoms with Gasteiger partial charge in [-0.2, -0.15) is 0 Å². The van der Waals surface area contributed by atoms with Crippen molar-refractivity contribution in [2.24, 2.45) is 10.9 Å². The predicted octanol–water partition coefficient (Wildman–Crippen LogP) is 0.613. The summed E-state index contributed by atoms with van der Waals surface area (Å²) in [6.07, 6.45) is 0. The Bertz CT molecular complexity index is 400. The van der Waals surface area contributed by atoms with Gasteiger partial charge in [0.05, 0.1) is 13.2 Å². The topological polar surface area (TPSA) is 71.1 Å². The lowest BCUT2D eigenvalue weighted by molar-refractivity contribution is 0.0341. The van der Waals surface area contributed by atoms with E-state index in [9.17, 15) is 0 Å². The van der Waals surface area contributed by atoms with Crippen LogP contribution in [0.15, 0.2) is 29.4 Å². The first kappa shape index (κ1) is 11.9. The Morgan fingerprint density at radius 3 is 2.76 bits per heavy atom. The van der Waals surface area contributed by atoms with E-state index in [0.29, 0.717) is 0 Å². The zero-order chi connectivity index (χ0) is 12.1. The maximum Gasteiger partial charge on any atom is 0.170 e. The summed E-state index contributed by atoms with van der Waals surface area (Å²) in [5, 5.41) is 11.8. The van der Waals surface area contributed by atoms with Crippen LogP contribution in [0, 0.1) is 0 Å². The van der Waals surface area contributed by atoms with Gasteiger partial charge in [0.2, 0.25) is 0 Å². The number of rotatable bonds is 3. The highest BCUT2D eigenvalue weighted by Crippen LogP contribution is 2.12. The molecule has 0 spiro atoms. The largest absolute Gasteiger partial charge is 0.409 e. The van der Waals surface area contributed by atoms with Crippen LogP contribution in [0.5, 0.6) is 0 Å². The van der Waals surface area contributed by atoms with Crippen molar-refractivity contribution >= 4 is 5.84 Å². The average Bonchev–Trinajstić information content (AvgIpc) is 2.40. The minimum atomic E-state index is 0.161. The number of hydrogen-bond donors (Lipinski definition) is 2. The van der Waals surface area contributed by atoms with E-state index >= 15 is 0 Å². The van der Waals surface area contributed by atoms with Gasteiger partial charge < -0.3 is 15.7 Å². The summed E-state index contributed by atoms with van der Waals surface area (Å²) < 4.78 is 5.31. The molecular formula is C12H17N3O2. The molecule has 1 heterocycles. The number of nitrogens with two attached hydrogens (primary N) is 1. The third-order valence-corrected chi connectivity index (χ3v) is 2.90. The van der Waals surface area contributed by atoms with Crippen LogP contribution >= 0.6 is 0 Å². The van der Waals surface area contributed by atoms with Gasteiger partial charge in [0.25, 0.3) is 0 Å². The molecule has 1 fully saturated rings. The van der Waals surface area contributed by atoms with Crippen LogP contribution in [-0.2, 0) is 11.3 Å². The summed E-state index contributed by atoms with van der Waals surface area (Å²) in [6.45, 7) is 4.18. The zero-order valence-corrected chi connectivity index (χ0v) is 9.67. The van der Waals surface area contributed by atoms with Crippen molar-refractivity contribution in [3.05, 3.63) is 35.4 Å². The Kier molecular flexibility index (Phi) is 3.95. The first-order chi connectivity index (χ1) is 8.31. The molecule has 0 aliphatic carbocycles. The Hall–Kier alpha value is -1.59. The van der Waals surface area contributed by atoms with Gasteiger partial charge in [-0.15, -0.1) is 0 Å². The molecule has 0 bridgehead atoms. The highest BCUT2D eigenvalue weighted by atomic mass is 16.5. The maximum absolute atomic E-state index is 8.75.